The van der Waals surface area contributed by atoms with Crippen molar-refractivity contribution in [3.05, 3.63) is 54.0 Å². The Labute approximate surface area is 174 Å². The van der Waals surface area contributed by atoms with Gasteiger partial charge in [0.05, 0.1) is 38.3 Å². The number of furan rings is 1. The molecule has 8 heteroatoms. The van der Waals surface area contributed by atoms with Crippen LogP contribution in [-0.4, -0.2) is 76.0 Å². The summed E-state index contributed by atoms with van der Waals surface area (Å²) in [6, 6.07) is 8.85. The van der Waals surface area contributed by atoms with E-state index in [0.717, 1.165) is 16.9 Å². The molecule has 0 radical (unpaired) electrons. The largest absolute Gasteiger partial charge is 0.497 e. The monoisotopic (exact) mass is 411 g/mol. The summed E-state index contributed by atoms with van der Waals surface area (Å²) < 4.78 is 10.3. The van der Waals surface area contributed by atoms with Crippen LogP contribution in [0, 0.1) is 0 Å². The second-order valence-corrected chi connectivity index (χ2v) is 8.44. The maximum absolute atomic E-state index is 13.6. The number of hydrogen-bond acceptors (Lipinski definition) is 7. The van der Waals surface area contributed by atoms with Crippen LogP contribution in [-0.2, 0) is 22.7 Å². The quantitative estimate of drug-likeness (QED) is 0.730. The molecule has 1 spiro atoms. The van der Waals surface area contributed by atoms with Gasteiger partial charge >= 0.3 is 0 Å². The smallest absolute Gasteiger partial charge is 0.252 e. The maximum Gasteiger partial charge on any atom is 0.252 e. The molecule has 1 N–H and O–H groups in total. The molecule has 2 atom stereocenters. The molecule has 2 aromatic rings. The van der Waals surface area contributed by atoms with Crippen molar-refractivity contribution in [2.24, 2.45) is 0 Å². The van der Waals surface area contributed by atoms with Gasteiger partial charge in [-0.1, -0.05) is 12.1 Å². The highest BCUT2D eigenvalue weighted by Gasteiger charge is 2.64. The fourth-order valence-electron chi connectivity index (χ4n) is 5.00. The summed E-state index contributed by atoms with van der Waals surface area (Å²) in [5.74, 6) is 0.342. The molecule has 1 aromatic heterocycles. The first-order valence-electron chi connectivity index (χ1n) is 10.2. The van der Waals surface area contributed by atoms with Crippen molar-refractivity contribution in [1.82, 2.24) is 14.7 Å². The van der Waals surface area contributed by atoms with Gasteiger partial charge in [0, 0.05) is 31.7 Å². The minimum atomic E-state index is -0.758. The van der Waals surface area contributed by atoms with E-state index in [2.05, 4.69) is 4.90 Å². The van der Waals surface area contributed by atoms with E-state index in [1.54, 1.807) is 19.6 Å². The van der Waals surface area contributed by atoms with Crippen LogP contribution in [0.1, 0.15) is 17.5 Å². The molecular weight excluding hydrogens is 386 g/mol. The number of carbonyl (C=O) groups is 2. The topological polar surface area (TPSA) is 86.5 Å². The Morgan fingerprint density at radius 2 is 1.90 bits per heavy atom. The molecule has 3 aliphatic heterocycles. The number of imide groups is 1. The molecule has 2 amide bonds. The summed E-state index contributed by atoms with van der Waals surface area (Å²) in [6.45, 7) is 2.35. The molecule has 1 aromatic carbocycles. The lowest BCUT2D eigenvalue weighted by atomic mass is 9.82. The molecule has 0 unspecified atom stereocenters. The van der Waals surface area contributed by atoms with Gasteiger partial charge in [-0.3, -0.25) is 24.3 Å². The average molecular weight is 411 g/mol. The highest BCUT2D eigenvalue weighted by molar-refractivity contribution is 6.06. The van der Waals surface area contributed by atoms with Gasteiger partial charge in [0.1, 0.15) is 11.3 Å². The van der Waals surface area contributed by atoms with Crippen LogP contribution in [0.5, 0.6) is 5.75 Å². The first-order valence-corrected chi connectivity index (χ1v) is 10.2. The van der Waals surface area contributed by atoms with E-state index >= 15 is 0 Å². The third-order valence-corrected chi connectivity index (χ3v) is 6.48. The first-order chi connectivity index (χ1) is 14.5. The highest BCUT2D eigenvalue weighted by atomic mass is 16.5. The van der Waals surface area contributed by atoms with Gasteiger partial charge in [-0.15, -0.1) is 0 Å². The number of hydrogen-bond donors (Lipinski definition) is 1. The summed E-state index contributed by atoms with van der Waals surface area (Å²) in [5, 5.41) is 10.3. The van der Waals surface area contributed by atoms with E-state index in [9.17, 15) is 14.7 Å². The normalized spacial score (nSPS) is 26.1. The average Bonchev–Trinajstić information content (AvgIpc) is 3.37. The lowest BCUT2D eigenvalue weighted by Gasteiger charge is -2.58. The number of rotatable bonds is 5. The van der Waals surface area contributed by atoms with E-state index in [-0.39, 0.29) is 18.4 Å². The molecule has 0 saturated carbocycles. The predicted molar refractivity (Wildman–Crippen MR) is 106 cm³/mol. The van der Waals surface area contributed by atoms with Crippen molar-refractivity contribution in [2.75, 3.05) is 26.7 Å². The molecular formula is C22H25N3O5. The number of fused-ring (bicyclic) bond motifs is 2. The van der Waals surface area contributed by atoms with Gasteiger partial charge in [-0.05, 0) is 30.2 Å². The van der Waals surface area contributed by atoms with Crippen LogP contribution in [0.15, 0.2) is 47.3 Å². The number of ether oxygens (including phenoxy) is 1. The van der Waals surface area contributed by atoms with E-state index in [4.69, 9.17) is 9.15 Å². The van der Waals surface area contributed by atoms with Crippen molar-refractivity contribution < 1.29 is 23.8 Å². The van der Waals surface area contributed by atoms with Crippen molar-refractivity contribution in [2.45, 2.75) is 37.2 Å². The van der Waals surface area contributed by atoms with E-state index in [0.29, 0.717) is 32.6 Å². The van der Waals surface area contributed by atoms with E-state index < -0.39 is 17.7 Å². The van der Waals surface area contributed by atoms with Crippen molar-refractivity contribution in [1.29, 1.82) is 0 Å². The number of aliphatic hydroxyl groups is 1. The Balaban J connectivity index is 1.39. The molecule has 4 heterocycles. The molecule has 30 heavy (non-hydrogen) atoms. The minimum absolute atomic E-state index is 0.169. The number of benzene rings is 1. The lowest BCUT2D eigenvalue weighted by Crippen LogP contribution is -2.81. The van der Waals surface area contributed by atoms with Crippen LogP contribution < -0.4 is 4.74 Å². The zero-order valence-electron chi connectivity index (χ0n) is 16.9. The number of aliphatic hydroxyl groups excluding tert-OH is 1. The van der Waals surface area contributed by atoms with Gasteiger partial charge in [0.2, 0.25) is 5.91 Å². The van der Waals surface area contributed by atoms with Crippen molar-refractivity contribution >= 4 is 11.8 Å². The van der Waals surface area contributed by atoms with Gasteiger partial charge in [-0.2, -0.15) is 0 Å². The van der Waals surface area contributed by atoms with Crippen LogP contribution in [0.2, 0.25) is 0 Å². The summed E-state index contributed by atoms with van der Waals surface area (Å²) >= 11 is 0. The van der Waals surface area contributed by atoms with Crippen LogP contribution in [0.3, 0.4) is 0 Å². The SMILES string of the molecule is COc1ccc(CN2C(=O)[C@@H]3C[C@@H](O)CN3C3(CN(Cc4ccoc4)C3)C2=O)cc1. The van der Waals surface area contributed by atoms with Gasteiger partial charge in [0.25, 0.3) is 5.91 Å². The number of methoxy groups -OCH3 is 1. The fraction of sp³-hybridized carbons (Fsp3) is 0.455. The van der Waals surface area contributed by atoms with Crippen LogP contribution in [0.4, 0.5) is 0 Å². The minimum Gasteiger partial charge on any atom is -0.497 e. The Kier molecular flexibility index (Phi) is 4.65. The standard InChI is InChI=1S/C22H25N3O5/c1-29-18-4-2-15(3-5-18)10-24-20(27)19-8-17(26)11-25(19)22(21(24)28)13-23(14-22)9-16-6-7-30-12-16/h2-7,12,17,19,26H,8-11,13-14H2,1H3/t17-,19+/m1/s1. The van der Waals surface area contributed by atoms with E-state index in [1.165, 1.54) is 4.90 Å². The highest BCUT2D eigenvalue weighted by Crippen LogP contribution is 2.41. The fourth-order valence-corrected chi connectivity index (χ4v) is 5.00. The number of amides is 2. The molecule has 5 rings (SSSR count). The summed E-state index contributed by atoms with van der Waals surface area (Å²) in [6.07, 6.45) is 3.12. The van der Waals surface area contributed by atoms with Gasteiger partial charge in [-0.25, -0.2) is 0 Å². The maximum atomic E-state index is 13.6. The van der Waals surface area contributed by atoms with Crippen LogP contribution >= 0.6 is 0 Å². The Bertz CT molecular complexity index is 936. The third-order valence-electron chi connectivity index (χ3n) is 6.48. The van der Waals surface area contributed by atoms with Crippen molar-refractivity contribution in [3.63, 3.8) is 0 Å². The first kappa shape index (κ1) is 19.3. The van der Waals surface area contributed by atoms with E-state index in [1.807, 2.05) is 35.2 Å². The zero-order valence-corrected chi connectivity index (χ0v) is 16.9. The summed E-state index contributed by atoms with van der Waals surface area (Å²) in [5.41, 5.74) is 1.17. The second kappa shape index (κ2) is 7.23. The second-order valence-electron chi connectivity index (χ2n) is 8.44. The Morgan fingerprint density at radius 1 is 1.13 bits per heavy atom. The molecule has 0 aliphatic carbocycles. The number of piperazine rings is 1. The summed E-state index contributed by atoms with van der Waals surface area (Å²) in [4.78, 5) is 32.2. The molecule has 3 fully saturated rings. The molecule has 3 saturated heterocycles. The number of carbonyl (C=O) groups excluding carboxylic acids is 2. The third kappa shape index (κ3) is 3.03. The predicted octanol–water partition coefficient (Wildman–Crippen LogP) is 0.847. The molecule has 8 nitrogen and oxygen atoms in total. The molecule has 0 bridgehead atoms. The van der Waals surface area contributed by atoms with Gasteiger partial charge < -0.3 is 14.3 Å². The van der Waals surface area contributed by atoms with Crippen LogP contribution in [0.25, 0.3) is 0 Å². The number of nitrogens with zero attached hydrogens (tertiary/aromatic N) is 3. The number of likely N-dealkylation sites (tertiary alicyclic amines) is 1. The molecule has 3 aliphatic rings. The molecule has 158 valence electrons. The summed E-state index contributed by atoms with van der Waals surface area (Å²) in [7, 11) is 1.60. The Hall–Kier alpha value is -2.68. The number of β-amino-alcohol motifs (C(OH)–C–C–N with tert-alkyl or cyclic N) is 1. The lowest BCUT2D eigenvalue weighted by molar-refractivity contribution is -0.181. The Morgan fingerprint density at radius 3 is 2.57 bits per heavy atom. The van der Waals surface area contributed by atoms with Crippen molar-refractivity contribution in [3.8, 4) is 5.75 Å². The van der Waals surface area contributed by atoms with Gasteiger partial charge in [0.15, 0.2) is 0 Å². The zero-order chi connectivity index (χ0) is 20.9.